The number of aryl methyl sites for hydroxylation is 2. The lowest BCUT2D eigenvalue weighted by molar-refractivity contribution is -0.300. The Hall–Kier alpha value is -2.17. The van der Waals surface area contributed by atoms with Crippen molar-refractivity contribution in [2.24, 2.45) is 0 Å². The molecule has 0 atom stereocenters. The Labute approximate surface area is 143 Å². The molecule has 0 N–H and O–H groups in total. The molecular formula is C20H24O4. The SMILES string of the molecule is CCOOCc1ccc(CCc2ccc(C(=O)OCC)cc2)cc1. The maximum atomic E-state index is 11.6. The van der Waals surface area contributed by atoms with Gasteiger partial charge in [0.05, 0.1) is 18.8 Å². The summed E-state index contributed by atoms with van der Waals surface area (Å²) in [6.07, 6.45) is 1.88. The van der Waals surface area contributed by atoms with Crippen LogP contribution in [-0.4, -0.2) is 19.2 Å². The van der Waals surface area contributed by atoms with Gasteiger partial charge in [0.1, 0.15) is 6.61 Å². The Morgan fingerprint density at radius 3 is 1.83 bits per heavy atom. The molecule has 128 valence electrons. The third-order valence-corrected chi connectivity index (χ3v) is 3.62. The fourth-order valence-electron chi connectivity index (χ4n) is 2.31. The molecule has 0 aromatic heterocycles. The second kappa shape index (κ2) is 9.85. The van der Waals surface area contributed by atoms with Crippen molar-refractivity contribution < 1.29 is 19.3 Å². The Bertz CT molecular complexity index is 617. The predicted molar refractivity (Wildman–Crippen MR) is 92.7 cm³/mol. The average molecular weight is 328 g/mol. The average Bonchev–Trinajstić information content (AvgIpc) is 2.62. The van der Waals surface area contributed by atoms with Crippen LogP contribution >= 0.6 is 0 Å². The zero-order valence-corrected chi connectivity index (χ0v) is 14.3. The summed E-state index contributed by atoms with van der Waals surface area (Å²) in [5.74, 6) is -0.270. The first-order valence-corrected chi connectivity index (χ1v) is 8.31. The number of hydrogen-bond acceptors (Lipinski definition) is 4. The molecule has 2 rings (SSSR count). The summed E-state index contributed by atoms with van der Waals surface area (Å²) in [6, 6.07) is 15.9. The molecule has 0 aliphatic carbocycles. The fourth-order valence-corrected chi connectivity index (χ4v) is 2.31. The van der Waals surface area contributed by atoms with Crippen LogP contribution < -0.4 is 0 Å². The second-order valence-corrected chi connectivity index (χ2v) is 5.40. The maximum absolute atomic E-state index is 11.6. The molecule has 0 unspecified atom stereocenters. The van der Waals surface area contributed by atoms with Gasteiger partial charge in [0, 0.05) is 0 Å². The zero-order chi connectivity index (χ0) is 17.2. The van der Waals surface area contributed by atoms with Crippen molar-refractivity contribution in [2.45, 2.75) is 33.3 Å². The van der Waals surface area contributed by atoms with Crippen LogP contribution in [0.25, 0.3) is 0 Å². The van der Waals surface area contributed by atoms with E-state index >= 15 is 0 Å². The highest BCUT2D eigenvalue weighted by molar-refractivity contribution is 5.89. The van der Waals surface area contributed by atoms with Gasteiger partial charge in [-0.05, 0) is 55.5 Å². The van der Waals surface area contributed by atoms with E-state index in [1.165, 1.54) is 11.1 Å². The van der Waals surface area contributed by atoms with Crippen LogP contribution in [0.4, 0.5) is 0 Å². The van der Waals surface area contributed by atoms with Crippen molar-refractivity contribution in [3.05, 3.63) is 70.8 Å². The van der Waals surface area contributed by atoms with E-state index in [4.69, 9.17) is 14.5 Å². The first-order chi connectivity index (χ1) is 11.7. The van der Waals surface area contributed by atoms with Crippen molar-refractivity contribution in [1.82, 2.24) is 0 Å². The predicted octanol–water partition coefficient (Wildman–Crippen LogP) is 4.12. The third kappa shape index (κ3) is 5.80. The summed E-state index contributed by atoms with van der Waals surface area (Å²) in [4.78, 5) is 21.6. The third-order valence-electron chi connectivity index (χ3n) is 3.62. The zero-order valence-electron chi connectivity index (χ0n) is 14.3. The monoisotopic (exact) mass is 328 g/mol. The Morgan fingerprint density at radius 2 is 1.29 bits per heavy atom. The van der Waals surface area contributed by atoms with Crippen molar-refractivity contribution >= 4 is 5.97 Å². The molecular weight excluding hydrogens is 304 g/mol. The maximum Gasteiger partial charge on any atom is 0.338 e. The lowest BCUT2D eigenvalue weighted by atomic mass is 10.0. The van der Waals surface area contributed by atoms with Gasteiger partial charge in [0.15, 0.2) is 0 Å². The normalized spacial score (nSPS) is 10.6. The molecule has 0 fully saturated rings. The molecule has 0 amide bonds. The van der Waals surface area contributed by atoms with Crippen molar-refractivity contribution in [3.63, 3.8) is 0 Å². The first-order valence-electron chi connectivity index (χ1n) is 8.31. The Morgan fingerprint density at radius 1 is 0.750 bits per heavy atom. The van der Waals surface area contributed by atoms with Crippen LogP contribution in [0.1, 0.15) is 40.9 Å². The summed E-state index contributed by atoms with van der Waals surface area (Å²) in [6.45, 7) is 5.10. The van der Waals surface area contributed by atoms with Crippen LogP contribution in [0, 0.1) is 0 Å². The van der Waals surface area contributed by atoms with Gasteiger partial charge < -0.3 is 4.74 Å². The van der Waals surface area contributed by atoms with Gasteiger partial charge in [-0.25, -0.2) is 14.6 Å². The molecule has 4 nitrogen and oxygen atoms in total. The van der Waals surface area contributed by atoms with Crippen LogP contribution in [-0.2, 0) is 34.0 Å². The van der Waals surface area contributed by atoms with Crippen LogP contribution in [0.5, 0.6) is 0 Å². The van der Waals surface area contributed by atoms with Crippen LogP contribution in [0.15, 0.2) is 48.5 Å². The fraction of sp³-hybridized carbons (Fsp3) is 0.350. The quantitative estimate of drug-likeness (QED) is 0.301. The van der Waals surface area contributed by atoms with Crippen molar-refractivity contribution in [2.75, 3.05) is 13.2 Å². The van der Waals surface area contributed by atoms with E-state index < -0.39 is 0 Å². The van der Waals surface area contributed by atoms with Gasteiger partial charge in [-0.15, -0.1) is 0 Å². The molecule has 0 aliphatic rings. The van der Waals surface area contributed by atoms with Crippen LogP contribution in [0.3, 0.4) is 0 Å². The minimum absolute atomic E-state index is 0.270. The number of carbonyl (C=O) groups is 1. The largest absolute Gasteiger partial charge is 0.462 e. The van der Waals surface area contributed by atoms with Gasteiger partial charge in [0.25, 0.3) is 0 Å². The molecule has 0 aliphatic heterocycles. The van der Waals surface area contributed by atoms with Crippen LogP contribution in [0.2, 0.25) is 0 Å². The van der Waals surface area contributed by atoms with Gasteiger partial charge in [-0.2, -0.15) is 0 Å². The number of benzene rings is 2. The highest BCUT2D eigenvalue weighted by Gasteiger charge is 2.05. The molecule has 2 aromatic rings. The summed E-state index contributed by atoms with van der Waals surface area (Å²) in [5, 5.41) is 0. The second-order valence-electron chi connectivity index (χ2n) is 5.40. The Kier molecular flexibility index (Phi) is 7.46. The first kappa shape index (κ1) is 18.2. The van der Waals surface area contributed by atoms with Gasteiger partial charge in [-0.3, -0.25) is 0 Å². The topological polar surface area (TPSA) is 44.8 Å². The Balaban J connectivity index is 1.83. The molecule has 24 heavy (non-hydrogen) atoms. The summed E-state index contributed by atoms with van der Waals surface area (Å²) in [5.41, 5.74) is 4.15. The smallest absolute Gasteiger partial charge is 0.338 e. The molecule has 4 heteroatoms. The molecule has 0 radical (unpaired) electrons. The number of rotatable bonds is 9. The van der Waals surface area contributed by atoms with E-state index in [9.17, 15) is 4.79 Å². The van der Waals surface area contributed by atoms with E-state index in [0.29, 0.717) is 25.4 Å². The number of hydrogen-bond donors (Lipinski definition) is 0. The number of carbonyl (C=O) groups excluding carboxylic acids is 1. The van der Waals surface area contributed by atoms with E-state index in [2.05, 4.69) is 24.3 Å². The van der Waals surface area contributed by atoms with Gasteiger partial charge in [-0.1, -0.05) is 36.4 Å². The van der Waals surface area contributed by atoms with Crippen molar-refractivity contribution in [1.29, 1.82) is 0 Å². The minimum Gasteiger partial charge on any atom is -0.462 e. The molecule has 0 saturated carbocycles. The van der Waals surface area contributed by atoms with Crippen molar-refractivity contribution in [3.8, 4) is 0 Å². The minimum atomic E-state index is -0.270. The molecule has 0 saturated heterocycles. The summed E-state index contributed by atoms with van der Waals surface area (Å²) in [7, 11) is 0. The molecule has 0 spiro atoms. The highest BCUT2D eigenvalue weighted by atomic mass is 17.2. The highest BCUT2D eigenvalue weighted by Crippen LogP contribution is 2.12. The lowest BCUT2D eigenvalue weighted by Gasteiger charge is -2.06. The van der Waals surface area contributed by atoms with E-state index in [1.54, 1.807) is 6.92 Å². The standard InChI is InChI=1S/C20H24O4/c1-3-22-20(21)19-13-11-17(12-14-19)6-5-16-7-9-18(10-8-16)15-24-23-4-2/h7-14H,3-6,15H2,1-2H3. The van der Waals surface area contributed by atoms with Gasteiger partial charge >= 0.3 is 5.97 Å². The number of ether oxygens (including phenoxy) is 1. The summed E-state index contributed by atoms with van der Waals surface area (Å²) < 4.78 is 4.99. The molecule has 0 heterocycles. The number of esters is 1. The van der Waals surface area contributed by atoms with E-state index in [-0.39, 0.29) is 5.97 Å². The van der Waals surface area contributed by atoms with E-state index in [1.807, 2.05) is 31.2 Å². The lowest BCUT2D eigenvalue weighted by Crippen LogP contribution is -2.04. The van der Waals surface area contributed by atoms with Gasteiger partial charge in [0.2, 0.25) is 0 Å². The van der Waals surface area contributed by atoms with E-state index in [0.717, 1.165) is 18.4 Å². The molecule has 0 bridgehead atoms. The summed E-state index contributed by atoms with van der Waals surface area (Å²) >= 11 is 0. The molecule has 2 aromatic carbocycles.